The van der Waals surface area contributed by atoms with Gasteiger partial charge in [-0.1, -0.05) is 129 Å². The SMILES string of the molecule is CC(C)(C)c1cc(-c2ccc3sc4cccc(-c5ccccc5)c4c3c2C(C)(C)C)cc(C(C)(C)C)c1. The molecule has 0 aliphatic rings. The van der Waals surface area contributed by atoms with E-state index < -0.39 is 0 Å². The Hall–Kier alpha value is -2.90. The van der Waals surface area contributed by atoms with Crippen LogP contribution in [-0.4, -0.2) is 0 Å². The quantitative estimate of drug-likeness (QED) is 0.224. The molecular formula is C36H40S. The molecule has 5 aromatic rings. The van der Waals surface area contributed by atoms with Crippen molar-refractivity contribution < 1.29 is 0 Å². The van der Waals surface area contributed by atoms with E-state index in [0.29, 0.717) is 0 Å². The Morgan fingerprint density at radius 1 is 0.459 bits per heavy atom. The minimum absolute atomic E-state index is 0.0215. The molecular weight excluding hydrogens is 464 g/mol. The Balaban J connectivity index is 1.92. The van der Waals surface area contributed by atoms with Crippen molar-refractivity contribution in [1.29, 1.82) is 0 Å². The Morgan fingerprint density at radius 3 is 1.62 bits per heavy atom. The van der Waals surface area contributed by atoms with Gasteiger partial charge in [-0.25, -0.2) is 0 Å². The maximum atomic E-state index is 2.44. The van der Waals surface area contributed by atoms with Crippen molar-refractivity contribution in [3.05, 3.63) is 95.6 Å². The van der Waals surface area contributed by atoms with Crippen molar-refractivity contribution >= 4 is 31.5 Å². The standard InChI is InChI=1S/C36H40S/c1-34(2,3)25-20-24(21-26(22-25)35(4,5)6)28-18-19-30-32(33(28)36(7,8)9)31-27(16-13-17-29(31)37-30)23-14-11-10-12-15-23/h10-22H,1-9H3. The summed E-state index contributed by atoms with van der Waals surface area (Å²) in [4.78, 5) is 0. The summed E-state index contributed by atoms with van der Waals surface area (Å²) in [6.07, 6.45) is 0. The fraction of sp³-hybridized carbons (Fsp3) is 0.333. The number of rotatable bonds is 2. The molecule has 190 valence electrons. The van der Waals surface area contributed by atoms with Crippen molar-refractivity contribution in [3.8, 4) is 22.3 Å². The number of benzene rings is 4. The predicted molar refractivity (Wildman–Crippen MR) is 166 cm³/mol. The van der Waals surface area contributed by atoms with Crippen LogP contribution in [0.1, 0.15) is 79.0 Å². The van der Waals surface area contributed by atoms with E-state index in [1.165, 1.54) is 59.1 Å². The molecule has 0 atom stereocenters. The molecule has 1 heteroatoms. The van der Waals surface area contributed by atoms with Crippen LogP contribution in [0.5, 0.6) is 0 Å². The monoisotopic (exact) mass is 504 g/mol. The molecule has 5 rings (SSSR count). The summed E-state index contributed by atoms with van der Waals surface area (Å²) in [7, 11) is 0. The van der Waals surface area contributed by atoms with Gasteiger partial charge in [-0.15, -0.1) is 11.3 Å². The zero-order valence-corrected chi connectivity index (χ0v) is 24.7. The highest BCUT2D eigenvalue weighted by Gasteiger charge is 2.27. The molecule has 0 saturated heterocycles. The van der Waals surface area contributed by atoms with Gasteiger partial charge in [0, 0.05) is 20.2 Å². The lowest BCUT2D eigenvalue weighted by atomic mass is 9.75. The molecule has 0 radical (unpaired) electrons. The van der Waals surface area contributed by atoms with Crippen LogP contribution in [0.4, 0.5) is 0 Å². The predicted octanol–water partition coefficient (Wildman–Crippen LogP) is 11.3. The molecule has 0 aliphatic carbocycles. The number of fused-ring (bicyclic) bond motifs is 3. The molecule has 4 aromatic carbocycles. The second-order valence-electron chi connectivity index (χ2n) is 13.6. The van der Waals surface area contributed by atoms with Crippen LogP contribution in [0.3, 0.4) is 0 Å². The summed E-state index contributed by atoms with van der Waals surface area (Å²) in [5, 5.41) is 2.81. The molecule has 0 N–H and O–H groups in total. The summed E-state index contributed by atoms with van der Waals surface area (Å²) in [5.41, 5.74) is 9.69. The molecule has 1 aromatic heterocycles. The Bertz CT molecular complexity index is 1560. The van der Waals surface area contributed by atoms with E-state index in [1.807, 2.05) is 11.3 Å². The van der Waals surface area contributed by atoms with Crippen LogP contribution >= 0.6 is 11.3 Å². The third-order valence-electron chi connectivity index (χ3n) is 7.47. The highest BCUT2D eigenvalue weighted by atomic mass is 32.1. The van der Waals surface area contributed by atoms with E-state index in [1.54, 1.807) is 0 Å². The van der Waals surface area contributed by atoms with Crippen LogP contribution in [0.15, 0.2) is 78.9 Å². The Kier molecular flexibility index (Phi) is 6.15. The summed E-state index contributed by atoms with van der Waals surface area (Å²) in [5.74, 6) is 0. The van der Waals surface area contributed by atoms with Crippen LogP contribution in [0, 0.1) is 0 Å². The van der Waals surface area contributed by atoms with Crippen LogP contribution in [0.25, 0.3) is 42.4 Å². The summed E-state index contributed by atoms with van der Waals surface area (Å²) < 4.78 is 2.73. The van der Waals surface area contributed by atoms with Crippen molar-refractivity contribution in [3.63, 3.8) is 0 Å². The van der Waals surface area contributed by atoms with Crippen molar-refractivity contribution in [2.45, 2.75) is 78.6 Å². The van der Waals surface area contributed by atoms with Crippen molar-refractivity contribution in [1.82, 2.24) is 0 Å². The van der Waals surface area contributed by atoms with Gasteiger partial charge in [-0.05, 0) is 67.3 Å². The van der Waals surface area contributed by atoms with Gasteiger partial charge in [0.2, 0.25) is 0 Å². The van der Waals surface area contributed by atoms with Gasteiger partial charge in [0.1, 0.15) is 0 Å². The first kappa shape index (κ1) is 25.7. The minimum atomic E-state index is -0.0215. The van der Waals surface area contributed by atoms with Crippen LogP contribution in [0.2, 0.25) is 0 Å². The van der Waals surface area contributed by atoms with Crippen LogP contribution < -0.4 is 0 Å². The molecule has 0 unspecified atom stereocenters. The molecule has 1 heterocycles. The average molecular weight is 505 g/mol. The second kappa shape index (κ2) is 8.84. The van der Waals surface area contributed by atoms with Gasteiger partial charge in [0.15, 0.2) is 0 Å². The Labute approximate surface area is 227 Å². The first-order valence-corrected chi connectivity index (χ1v) is 14.3. The zero-order chi connectivity index (χ0) is 26.8. The van der Waals surface area contributed by atoms with E-state index in [-0.39, 0.29) is 16.2 Å². The topological polar surface area (TPSA) is 0 Å². The van der Waals surface area contributed by atoms with E-state index in [2.05, 4.69) is 141 Å². The highest BCUT2D eigenvalue weighted by Crippen LogP contribution is 2.48. The molecule has 0 nitrogen and oxygen atoms in total. The number of thiophene rings is 1. The van der Waals surface area contributed by atoms with Gasteiger partial charge in [0.25, 0.3) is 0 Å². The molecule has 37 heavy (non-hydrogen) atoms. The van der Waals surface area contributed by atoms with Crippen LogP contribution in [-0.2, 0) is 16.2 Å². The third-order valence-corrected chi connectivity index (χ3v) is 8.59. The lowest BCUT2D eigenvalue weighted by molar-refractivity contribution is 0.568. The highest BCUT2D eigenvalue weighted by molar-refractivity contribution is 7.26. The zero-order valence-electron chi connectivity index (χ0n) is 23.9. The van der Waals surface area contributed by atoms with E-state index in [9.17, 15) is 0 Å². The maximum Gasteiger partial charge on any atom is 0.0361 e. The normalized spacial score (nSPS) is 13.0. The average Bonchev–Trinajstić information content (AvgIpc) is 3.20. The first-order chi connectivity index (χ1) is 17.2. The smallest absolute Gasteiger partial charge is 0.0361 e. The molecule has 0 bridgehead atoms. The number of hydrogen-bond acceptors (Lipinski definition) is 1. The van der Waals surface area contributed by atoms with Gasteiger partial charge in [-0.2, -0.15) is 0 Å². The van der Waals surface area contributed by atoms with Crippen molar-refractivity contribution in [2.24, 2.45) is 0 Å². The fourth-order valence-corrected chi connectivity index (χ4v) is 6.58. The third kappa shape index (κ3) is 4.75. The van der Waals surface area contributed by atoms with Crippen molar-refractivity contribution in [2.75, 3.05) is 0 Å². The molecule has 0 aliphatic heterocycles. The van der Waals surface area contributed by atoms with Gasteiger partial charge < -0.3 is 0 Å². The van der Waals surface area contributed by atoms with Gasteiger partial charge >= 0.3 is 0 Å². The van der Waals surface area contributed by atoms with E-state index in [4.69, 9.17) is 0 Å². The van der Waals surface area contributed by atoms with E-state index >= 15 is 0 Å². The minimum Gasteiger partial charge on any atom is -0.135 e. The summed E-state index contributed by atoms with van der Waals surface area (Å²) in [6.45, 7) is 21.1. The van der Waals surface area contributed by atoms with Gasteiger partial charge in [0.05, 0.1) is 0 Å². The summed E-state index contributed by atoms with van der Waals surface area (Å²) in [6, 6.07) is 29.7. The Morgan fingerprint density at radius 2 is 1.05 bits per heavy atom. The fourth-order valence-electron chi connectivity index (χ4n) is 5.44. The first-order valence-electron chi connectivity index (χ1n) is 13.5. The molecule has 0 spiro atoms. The maximum absolute atomic E-state index is 2.44. The molecule has 0 fully saturated rings. The lowest BCUT2D eigenvalue weighted by Crippen LogP contribution is -2.17. The molecule has 0 amide bonds. The largest absolute Gasteiger partial charge is 0.135 e. The summed E-state index contributed by atoms with van der Waals surface area (Å²) >= 11 is 1.92. The van der Waals surface area contributed by atoms with Gasteiger partial charge in [-0.3, -0.25) is 0 Å². The van der Waals surface area contributed by atoms with E-state index in [0.717, 1.165) is 0 Å². The molecule has 0 saturated carbocycles. The second-order valence-corrected chi connectivity index (χ2v) is 14.6. The lowest BCUT2D eigenvalue weighted by Gasteiger charge is -2.29. The number of hydrogen-bond donors (Lipinski definition) is 0.